The Bertz CT molecular complexity index is 275. The fourth-order valence-electron chi connectivity index (χ4n) is 3.63. The number of hydrogen-bond acceptors (Lipinski definition) is 2. The molecular weight excluding hydrogens is 220 g/mol. The van der Waals surface area contributed by atoms with E-state index in [4.69, 9.17) is 6.42 Å². The van der Waals surface area contributed by atoms with Gasteiger partial charge in [-0.2, -0.15) is 0 Å². The summed E-state index contributed by atoms with van der Waals surface area (Å²) in [6, 6.07) is 1.63. The Morgan fingerprint density at radius 3 is 2.67 bits per heavy atom. The molecule has 0 radical (unpaired) electrons. The molecule has 2 fully saturated rings. The van der Waals surface area contributed by atoms with Crippen molar-refractivity contribution in [2.45, 2.75) is 76.4 Å². The second kappa shape index (κ2) is 7.16. The first-order valence-corrected chi connectivity index (χ1v) is 7.80. The third-order valence-corrected chi connectivity index (χ3v) is 4.71. The standard InChI is InChI=1S/C16H28N2/c1-3-13(4-2)18-16-11-6-5-9-14(16)15-10-7-8-12-17-15/h1,13-18H,4-12H2,2H3. The second-order valence-electron chi connectivity index (χ2n) is 5.91. The van der Waals surface area contributed by atoms with Crippen molar-refractivity contribution in [1.29, 1.82) is 0 Å². The molecule has 1 saturated heterocycles. The Morgan fingerprint density at radius 2 is 2.00 bits per heavy atom. The van der Waals surface area contributed by atoms with Crippen LogP contribution >= 0.6 is 0 Å². The van der Waals surface area contributed by atoms with Gasteiger partial charge in [0.05, 0.1) is 6.04 Å². The average Bonchev–Trinajstić information content (AvgIpc) is 2.46. The quantitative estimate of drug-likeness (QED) is 0.748. The molecule has 102 valence electrons. The summed E-state index contributed by atoms with van der Waals surface area (Å²) in [5.41, 5.74) is 0. The molecule has 2 nitrogen and oxygen atoms in total. The van der Waals surface area contributed by atoms with E-state index in [9.17, 15) is 0 Å². The zero-order valence-corrected chi connectivity index (χ0v) is 11.8. The molecule has 0 amide bonds. The summed E-state index contributed by atoms with van der Waals surface area (Å²) in [6.07, 6.45) is 16.2. The van der Waals surface area contributed by atoms with Gasteiger partial charge in [-0.05, 0) is 44.6 Å². The van der Waals surface area contributed by atoms with Crippen LogP contribution in [0.25, 0.3) is 0 Å². The van der Waals surface area contributed by atoms with E-state index in [-0.39, 0.29) is 6.04 Å². The molecule has 18 heavy (non-hydrogen) atoms. The summed E-state index contributed by atoms with van der Waals surface area (Å²) in [6.45, 7) is 3.38. The maximum Gasteiger partial charge on any atom is 0.0686 e. The first-order chi connectivity index (χ1) is 8.85. The molecule has 4 atom stereocenters. The number of rotatable bonds is 4. The van der Waals surface area contributed by atoms with Crippen molar-refractivity contribution in [3.63, 3.8) is 0 Å². The molecule has 2 N–H and O–H groups in total. The van der Waals surface area contributed by atoms with E-state index in [1.165, 1.54) is 51.5 Å². The van der Waals surface area contributed by atoms with Crippen LogP contribution in [0.5, 0.6) is 0 Å². The summed E-state index contributed by atoms with van der Waals surface area (Å²) in [5, 5.41) is 7.46. The normalized spacial score (nSPS) is 34.8. The van der Waals surface area contributed by atoms with Crippen LogP contribution in [0.1, 0.15) is 58.3 Å². The Balaban J connectivity index is 1.94. The van der Waals surface area contributed by atoms with Crippen molar-refractivity contribution in [1.82, 2.24) is 10.6 Å². The lowest BCUT2D eigenvalue weighted by atomic mass is 9.77. The highest BCUT2D eigenvalue weighted by atomic mass is 15.0. The van der Waals surface area contributed by atoms with Crippen molar-refractivity contribution in [2.24, 2.45) is 5.92 Å². The number of hydrogen-bond donors (Lipinski definition) is 2. The number of nitrogens with one attached hydrogen (secondary N) is 2. The Morgan fingerprint density at radius 1 is 1.22 bits per heavy atom. The summed E-state index contributed by atoms with van der Waals surface area (Å²) in [5.74, 6) is 3.68. The van der Waals surface area contributed by atoms with Crippen molar-refractivity contribution in [3.05, 3.63) is 0 Å². The molecule has 1 saturated carbocycles. The van der Waals surface area contributed by atoms with Crippen LogP contribution in [0.15, 0.2) is 0 Å². The van der Waals surface area contributed by atoms with Crippen molar-refractivity contribution < 1.29 is 0 Å². The number of piperidine rings is 1. The molecule has 2 aliphatic rings. The molecule has 0 bridgehead atoms. The third-order valence-electron chi connectivity index (χ3n) is 4.71. The van der Waals surface area contributed by atoms with Crippen LogP contribution in [0, 0.1) is 18.3 Å². The molecule has 2 heteroatoms. The van der Waals surface area contributed by atoms with Crippen LogP contribution < -0.4 is 10.6 Å². The van der Waals surface area contributed by atoms with Crippen LogP contribution in [-0.4, -0.2) is 24.7 Å². The van der Waals surface area contributed by atoms with Gasteiger partial charge in [0.2, 0.25) is 0 Å². The van der Waals surface area contributed by atoms with Crippen molar-refractivity contribution in [2.75, 3.05) is 6.54 Å². The zero-order valence-electron chi connectivity index (χ0n) is 11.8. The first-order valence-electron chi connectivity index (χ1n) is 7.80. The van der Waals surface area contributed by atoms with Gasteiger partial charge in [0, 0.05) is 12.1 Å². The van der Waals surface area contributed by atoms with Crippen molar-refractivity contribution >= 4 is 0 Å². The Kier molecular flexibility index (Phi) is 5.53. The minimum Gasteiger partial charge on any atom is -0.314 e. The maximum atomic E-state index is 5.60. The molecule has 4 unspecified atom stereocenters. The van der Waals surface area contributed by atoms with Gasteiger partial charge in [-0.15, -0.1) is 6.42 Å². The molecule has 2 rings (SSSR count). The lowest BCUT2D eigenvalue weighted by molar-refractivity contribution is 0.177. The van der Waals surface area contributed by atoms with Gasteiger partial charge in [0.15, 0.2) is 0 Å². The molecular formula is C16H28N2. The Labute approximate surface area is 112 Å². The van der Waals surface area contributed by atoms with Crippen LogP contribution in [0.3, 0.4) is 0 Å². The predicted octanol–water partition coefficient (Wildman–Crippen LogP) is 2.69. The molecule has 0 aromatic rings. The van der Waals surface area contributed by atoms with Crippen LogP contribution in [0.2, 0.25) is 0 Å². The molecule has 1 aliphatic heterocycles. The van der Waals surface area contributed by atoms with E-state index in [0.29, 0.717) is 6.04 Å². The minimum atomic E-state index is 0.263. The fraction of sp³-hybridized carbons (Fsp3) is 0.875. The van der Waals surface area contributed by atoms with Gasteiger partial charge in [0.1, 0.15) is 0 Å². The molecule has 0 aromatic heterocycles. The largest absolute Gasteiger partial charge is 0.314 e. The van der Waals surface area contributed by atoms with Gasteiger partial charge < -0.3 is 10.6 Å². The Hall–Kier alpha value is -0.520. The number of terminal acetylenes is 1. The highest BCUT2D eigenvalue weighted by molar-refractivity contribution is 5.01. The molecule has 1 heterocycles. The van der Waals surface area contributed by atoms with Gasteiger partial charge in [-0.25, -0.2) is 0 Å². The highest BCUT2D eigenvalue weighted by Crippen LogP contribution is 2.30. The first kappa shape index (κ1) is 13.9. The molecule has 1 aliphatic carbocycles. The fourth-order valence-corrected chi connectivity index (χ4v) is 3.63. The summed E-state index contributed by atoms with van der Waals surface area (Å²) < 4.78 is 0. The van der Waals surface area contributed by atoms with E-state index in [2.05, 4.69) is 23.5 Å². The summed E-state index contributed by atoms with van der Waals surface area (Å²) in [7, 11) is 0. The van der Waals surface area contributed by atoms with Gasteiger partial charge in [-0.1, -0.05) is 32.1 Å². The van der Waals surface area contributed by atoms with Crippen LogP contribution in [0.4, 0.5) is 0 Å². The predicted molar refractivity (Wildman–Crippen MR) is 77.4 cm³/mol. The summed E-state index contributed by atoms with van der Waals surface area (Å²) >= 11 is 0. The second-order valence-corrected chi connectivity index (χ2v) is 5.91. The SMILES string of the molecule is C#CC(CC)NC1CCCCC1C1CCCCN1. The smallest absolute Gasteiger partial charge is 0.0686 e. The molecule has 0 spiro atoms. The van der Waals surface area contributed by atoms with Crippen molar-refractivity contribution in [3.8, 4) is 12.3 Å². The monoisotopic (exact) mass is 248 g/mol. The third kappa shape index (κ3) is 3.49. The highest BCUT2D eigenvalue weighted by Gasteiger charge is 2.32. The topological polar surface area (TPSA) is 24.1 Å². The lowest BCUT2D eigenvalue weighted by Crippen LogP contribution is -2.52. The average molecular weight is 248 g/mol. The van der Waals surface area contributed by atoms with Gasteiger partial charge >= 0.3 is 0 Å². The van der Waals surface area contributed by atoms with E-state index < -0.39 is 0 Å². The van der Waals surface area contributed by atoms with Crippen LogP contribution in [-0.2, 0) is 0 Å². The van der Waals surface area contributed by atoms with E-state index in [0.717, 1.165) is 18.4 Å². The zero-order chi connectivity index (χ0) is 12.8. The summed E-state index contributed by atoms with van der Waals surface area (Å²) in [4.78, 5) is 0. The van der Waals surface area contributed by atoms with E-state index >= 15 is 0 Å². The molecule has 0 aromatic carbocycles. The van der Waals surface area contributed by atoms with Gasteiger partial charge in [0.25, 0.3) is 0 Å². The van der Waals surface area contributed by atoms with E-state index in [1.807, 2.05) is 0 Å². The van der Waals surface area contributed by atoms with Gasteiger partial charge in [-0.3, -0.25) is 0 Å². The lowest BCUT2D eigenvalue weighted by Gasteiger charge is -2.40. The minimum absolute atomic E-state index is 0.263. The maximum absolute atomic E-state index is 5.60. The van der Waals surface area contributed by atoms with E-state index in [1.54, 1.807) is 0 Å².